The number of para-hydroxylation sites is 1. The van der Waals surface area contributed by atoms with Gasteiger partial charge in [-0.1, -0.05) is 36.4 Å². The Bertz CT molecular complexity index is 1470. The summed E-state index contributed by atoms with van der Waals surface area (Å²) in [6, 6.07) is 23.4. The van der Waals surface area contributed by atoms with E-state index in [4.69, 9.17) is 0 Å². The average molecular weight is 468 g/mol. The van der Waals surface area contributed by atoms with Crippen LogP contribution < -0.4 is 16.2 Å². The Labute approximate surface area is 202 Å². The molecular formula is C27H25N5O3. The molecule has 0 aliphatic heterocycles. The molecule has 8 nitrogen and oxygen atoms in total. The van der Waals surface area contributed by atoms with Crippen LogP contribution in [0.4, 0.5) is 17.1 Å². The van der Waals surface area contributed by atoms with Crippen LogP contribution in [0, 0.1) is 6.92 Å². The van der Waals surface area contributed by atoms with E-state index in [-0.39, 0.29) is 17.2 Å². The minimum Gasteiger partial charge on any atom is -0.326 e. The number of nitrogens with zero attached hydrogens (tertiary/aromatic N) is 3. The Morgan fingerprint density at radius 2 is 1.63 bits per heavy atom. The molecule has 0 atom stereocenters. The Morgan fingerprint density at radius 3 is 2.31 bits per heavy atom. The zero-order valence-corrected chi connectivity index (χ0v) is 19.6. The summed E-state index contributed by atoms with van der Waals surface area (Å²) < 4.78 is 3.23. The lowest BCUT2D eigenvalue weighted by Crippen LogP contribution is -2.22. The number of benzene rings is 3. The summed E-state index contributed by atoms with van der Waals surface area (Å²) in [4.78, 5) is 41.6. The number of aromatic nitrogens is 2. The van der Waals surface area contributed by atoms with Crippen LogP contribution in [-0.2, 0) is 11.8 Å². The summed E-state index contributed by atoms with van der Waals surface area (Å²) in [5, 5.41) is 5.48. The molecule has 0 radical (unpaired) electrons. The van der Waals surface area contributed by atoms with Crippen molar-refractivity contribution >= 4 is 35.1 Å². The molecule has 0 aliphatic carbocycles. The summed E-state index contributed by atoms with van der Waals surface area (Å²) in [5.41, 5.74) is 3.81. The fourth-order valence-corrected chi connectivity index (χ4v) is 3.63. The highest BCUT2D eigenvalue weighted by molar-refractivity contribution is 6.05. The van der Waals surface area contributed by atoms with Gasteiger partial charge in [0, 0.05) is 31.4 Å². The van der Waals surface area contributed by atoms with Gasteiger partial charge in [-0.3, -0.25) is 24.1 Å². The first-order valence-corrected chi connectivity index (χ1v) is 11.0. The molecule has 4 rings (SSSR count). The Hall–Kier alpha value is -4.72. The number of anilines is 2. The molecule has 35 heavy (non-hydrogen) atoms. The highest BCUT2D eigenvalue weighted by Gasteiger charge is 2.18. The number of hydrogen-bond donors (Lipinski definition) is 2. The molecule has 2 N–H and O–H groups in total. The maximum Gasteiger partial charge on any atom is 0.295 e. The van der Waals surface area contributed by atoms with Crippen molar-refractivity contribution in [3.8, 4) is 5.69 Å². The number of amides is 2. The fraction of sp³-hybridized carbons (Fsp3) is 0.111. The second kappa shape index (κ2) is 10.0. The third kappa shape index (κ3) is 5.27. The lowest BCUT2D eigenvalue weighted by molar-refractivity contribution is -0.114. The van der Waals surface area contributed by atoms with E-state index in [1.54, 1.807) is 61.3 Å². The first-order valence-electron chi connectivity index (χ1n) is 11.0. The van der Waals surface area contributed by atoms with E-state index in [1.165, 1.54) is 11.6 Å². The Kier molecular flexibility index (Phi) is 6.73. The predicted octanol–water partition coefficient (Wildman–Crippen LogP) is 4.45. The lowest BCUT2D eigenvalue weighted by atomic mass is 10.2. The van der Waals surface area contributed by atoms with E-state index in [0.29, 0.717) is 28.3 Å². The van der Waals surface area contributed by atoms with Crippen LogP contribution in [0.15, 0.2) is 88.6 Å². The topological polar surface area (TPSA) is 97.5 Å². The first kappa shape index (κ1) is 23.4. The molecule has 1 aromatic heterocycles. The largest absolute Gasteiger partial charge is 0.326 e. The van der Waals surface area contributed by atoms with Crippen LogP contribution in [0.2, 0.25) is 0 Å². The second-order valence-electron chi connectivity index (χ2n) is 8.00. The van der Waals surface area contributed by atoms with E-state index in [1.807, 2.05) is 42.5 Å². The van der Waals surface area contributed by atoms with Crippen molar-refractivity contribution in [2.75, 3.05) is 10.6 Å². The summed E-state index contributed by atoms with van der Waals surface area (Å²) in [6.07, 6.45) is 1.68. The minimum atomic E-state index is -0.396. The number of hydrogen-bond acceptors (Lipinski definition) is 4. The van der Waals surface area contributed by atoms with Gasteiger partial charge in [-0.15, -0.1) is 0 Å². The van der Waals surface area contributed by atoms with Crippen LogP contribution in [0.1, 0.15) is 28.5 Å². The van der Waals surface area contributed by atoms with Gasteiger partial charge in [-0.05, 0) is 55.0 Å². The quantitative estimate of drug-likeness (QED) is 0.410. The van der Waals surface area contributed by atoms with Gasteiger partial charge >= 0.3 is 0 Å². The van der Waals surface area contributed by atoms with Crippen LogP contribution in [0.25, 0.3) is 5.69 Å². The van der Waals surface area contributed by atoms with Crippen LogP contribution in [0.5, 0.6) is 0 Å². The molecule has 4 aromatic rings. The maximum absolute atomic E-state index is 13.1. The molecule has 0 bridgehead atoms. The minimum absolute atomic E-state index is 0.133. The van der Waals surface area contributed by atoms with Gasteiger partial charge in [0.05, 0.1) is 17.1 Å². The van der Waals surface area contributed by atoms with Crippen molar-refractivity contribution in [3.05, 3.63) is 106 Å². The van der Waals surface area contributed by atoms with Crippen molar-refractivity contribution in [1.82, 2.24) is 9.36 Å². The van der Waals surface area contributed by atoms with E-state index < -0.39 is 5.91 Å². The van der Waals surface area contributed by atoms with Crippen molar-refractivity contribution in [1.29, 1.82) is 0 Å². The average Bonchev–Trinajstić information content (AvgIpc) is 3.07. The molecule has 176 valence electrons. The summed E-state index contributed by atoms with van der Waals surface area (Å²) >= 11 is 0. The second-order valence-corrected chi connectivity index (χ2v) is 8.00. The third-order valence-corrected chi connectivity index (χ3v) is 5.49. The molecule has 0 saturated heterocycles. The Balaban J connectivity index is 1.53. The zero-order chi connectivity index (χ0) is 24.9. The van der Waals surface area contributed by atoms with Gasteiger partial charge in [0.15, 0.2) is 0 Å². The molecule has 0 saturated carbocycles. The highest BCUT2D eigenvalue weighted by atomic mass is 16.2. The molecule has 2 amide bonds. The van der Waals surface area contributed by atoms with Gasteiger partial charge < -0.3 is 10.6 Å². The number of carbonyl (C=O) groups excluding carboxylic acids is 2. The monoisotopic (exact) mass is 467 g/mol. The third-order valence-electron chi connectivity index (χ3n) is 5.49. The fourth-order valence-electron chi connectivity index (χ4n) is 3.63. The van der Waals surface area contributed by atoms with Crippen LogP contribution >= 0.6 is 0 Å². The summed E-state index contributed by atoms with van der Waals surface area (Å²) in [5.74, 6) is -0.529. The normalized spacial score (nSPS) is 10.9. The molecule has 0 spiro atoms. The van der Waals surface area contributed by atoms with Crippen molar-refractivity contribution in [2.45, 2.75) is 13.8 Å². The lowest BCUT2D eigenvalue weighted by Gasteiger charge is -2.07. The van der Waals surface area contributed by atoms with Gasteiger partial charge in [0.1, 0.15) is 5.69 Å². The van der Waals surface area contributed by atoms with Gasteiger partial charge in [0.2, 0.25) is 5.91 Å². The molecule has 0 fully saturated rings. The standard InChI is InChI=1S/C27H25N5O3/c1-18-25(27(35)32(31(18)3)24-10-5-4-6-11-24)30-26(34)21-8-7-9-23(16-21)28-17-20-12-14-22(15-13-20)29-19(2)33/h4-17H,1-3H3,(H,29,33)(H,30,34). The van der Waals surface area contributed by atoms with Gasteiger partial charge in [-0.2, -0.15) is 0 Å². The molecule has 8 heteroatoms. The van der Waals surface area contributed by atoms with Crippen LogP contribution in [-0.4, -0.2) is 27.4 Å². The summed E-state index contributed by atoms with van der Waals surface area (Å²) in [6.45, 7) is 3.24. The SMILES string of the molecule is CC(=O)Nc1ccc(C=Nc2cccc(C(=O)Nc3c(C)n(C)n(-c4ccccc4)c3=O)c2)cc1. The first-order chi connectivity index (χ1) is 16.8. The number of carbonyl (C=O) groups is 2. The number of rotatable bonds is 6. The Morgan fingerprint density at radius 1 is 0.914 bits per heavy atom. The molecule has 3 aromatic carbocycles. The van der Waals surface area contributed by atoms with E-state index in [9.17, 15) is 14.4 Å². The molecular weight excluding hydrogens is 442 g/mol. The smallest absolute Gasteiger partial charge is 0.295 e. The molecule has 0 aliphatic rings. The van der Waals surface area contributed by atoms with E-state index in [2.05, 4.69) is 15.6 Å². The predicted molar refractivity (Wildman–Crippen MR) is 138 cm³/mol. The number of aliphatic imine (C=N–C) groups is 1. The van der Waals surface area contributed by atoms with E-state index in [0.717, 1.165) is 5.56 Å². The molecule has 0 unspecified atom stereocenters. The number of nitrogens with one attached hydrogen (secondary N) is 2. The maximum atomic E-state index is 13.1. The molecule has 1 heterocycles. The van der Waals surface area contributed by atoms with Crippen molar-refractivity contribution < 1.29 is 9.59 Å². The van der Waals surface area contributed by atoms with Gasteiger partial charge in [0.25, 0.3) is 11.5 Å². The van der Waals surface area contributed by atoms with E-state index >= 15 is 0 Å². The highest BCUT2D eigenvalue weighted by Crippen LogP contribution is 2.18. The summed E-state index contributed by atoms with van der Waals surface area (Å²) in [7, 11) is 1.78. The van der Waals surface area contributed by atoms with Crippen LogP contribution in [0.3, 0.4) is 0 Å². The van der Waals surface area contributed by atoms with Crippen molar-refractivity contribution in [2.24, 2.45) is 12.0 Å². The van der Waals surface area contributed by atoms with Crippen molar-refractivity contribution in [3.63, 3.8) is 0 Å². The van der Waals surface area contributed by atoms with Gasteiger partial charge in [-0.25, -0.2) is 4.68 Å². The zero-order valence-electron chi connectivity index (χ0n) is 19.6.